The number of amides is 4. The third-order valence-corrected chi connectivity index (χ3v) is 15.7. The van der Waals surface area contributed by atoms with Crippen molar-refractivity contribution < 1.29 is 59.4 Å². The molecule has 7 aliphatic rings. The van der Waals surface area contributed by atoms with Crippen molar-refractivity contribution in [3.05, 3.63) is 41.6 Å². The first-order chi connectivity index (χ1) is 29.1. The quantitative estimate of drug-likeness (QED) is 0.239. The highest BCUT2D eigenvalue weighted by molar-refractivity contribution is 7.98. The van der Waals surface area contributed by atoms with Crippen molar-refractivity contribution in [3.8, 4) is 11.5 Å². The number of methoxy groups -OCH3 is 1. The number of benzene rings is 1. The molecule has 2 aromatic rings. The Bertz CT molecular complexity index is 2380. The van der Waals surface area contributed by atoms with E-state index in [1.54, 1.807) is 37.8 Å². The number of carbonyl (C=O) groups is 4. The van der Waals surface area contributed by atoms with E-state index in [1.165, 1.54) is 24.1 Å². The fraction of sp³-hybridized carbons (Fsp3) is 0.643. The number of sulfonamides is 1. The van der Waals surface area contributed by atoms with Crippen LogP contribution in [0.3, 0.4) is 0 Å². The molecule has 0 unspecified atom stereocenters. The molecule has 1 aromatic carbocycles. The van der Waals surface area contributed by atoms with Crippen LogP contribution in [0.25, 0.3) is 10.9 Å². The van der Waals surface area contributed by atoms with E-state index in [-0.39, 0.29) is 62.7 Å². The van der Waals surface area contributed by atoms with Crippen molar-refractivity contribution in [1.29, 1.82) is 0 Å². The molecule has 5 fully saturated rings. The van der Waals surface area contributed by atoms with E-state index < -0.39 is 110 Å². The summed E-state index contributed by atoms with van der Waals surface area (Å²) in [5, 5.41) is 5.80. The minimum absolute atomic E-state index is 0.00726. The number of allylic oxidation sites excluding steroid dienone is 1. The normalized spacial score (nSPS) is 32.3. The Morgan fingerprint density at radius 2 is 1.76 bits per heavy atom. The molecule has 2 saturated carbocycles. The summed E-state index contributed by atoms with van der Waals surface area (Å²) in [5.74, 6) is -3.19. The smallest absolute Gasteiger partial charge is 0.437 e. The highest BCUT2D eigenvalue weighted by Gasteiger charge is 2.83. The van der Waals surface area contributed by atoms with Crippen molar-refractivity contribution in [2.75, 3.05) is 26.7 Å². The van der Waals surface area contributed by atoms with Crippen LogP contribution >= 0.6 is 0 Å². The van der Waals surface area contributed by atoms with Crippen LogP contribution in [0.4, 0.5) is 22.4 Å². The second-order valence-corrected chi connectivity index (χ2v) is 21.0. The molecule has 3 saturated heterocycles. The number of hydrogen-bond donors (Lipinski definition) is 2. The summed E-state index contributed by atoms with van der Waals surface area (Å²) in [4.78, 5) is 63.0. The van der Waals surface area contributed by atoms with Gasteiger partial charge in [0.05, 0.1) is 19.2 Å². The van der Waals surface area contributed by atoms with Crippen LogP contribution < -0.4 is 20.1 Å². The van der Waals surface area contributed by atoms with E-state index in [2.05, 4.69) is 15.6 Å². The van der Waals surface area contributed by atoms with Crippen LogP contribution in [0.2, 0.25) is 0 Å². The molecule has 15 nitrogen and oxygen atoms in total. The molecule has 4 amide bonds. The average molecular weight is 891 g/mol. The molecule has 336 valence electrons. The maximum atomic E-state index is 15.1. The summed E-state index contributed by atoms with van der Waals surface area (Å²) in [7, 11) is -2.48. The summed E-state index contributed by atoms with van der Waals surface area (Å²) >= 11 is 0. The second-order valence-electron chi connectivity index (χ2n) is 18.9. The van der Waals surface area contributed by atoms with Gasteiger partial charge in [-0.2, -0.15) is 13.2 Å². The number of nitrogens with zero attached hydrogens (tertiary/aromatic N) is 4. The zero-order valence-corrected chi connectivity index (χ0v) is 35.7. The Hall–Kier alpha value is -4.72. The molecular formula is C42H50F4N6O9S. The van der Waals surface area contributed by atoms with Gasteiger partial charge in [-0.15, -0.1) is 0 Å². The summed E-state index contributed by atoms with van der Waals surface area (Å²) in [6.45, 7) is 4.35. The maximum absolute atomic E-state index is 15.1. The van der Waals surface area contributed by atoms with E-state index in [9.17, 15) is 32.0 Å². The van der Waals surface area contributed by atoms with Crippen LogP contribution in [0.1, 0.15) is 102 Å². The molecule has 0 radical (unpaired) electrons. The standard InChI is InChI=1S/C42H50F4N6O9S/c1-38(2,3)61-37(56)48-28-11-9-7-5-6-8-10-23-17-41(23,36(55)52-40(14-15-40)62(52,57)58)49-34(53)30-19-39(22-51(30)35(28)54)18-29(50-20-24(43)21-50)31-26-16-25(59-4)12-13-27(26)47-33(32(31)60-39)42(44,45)46/h8,10,12-13,16,23-24,28-30H,5-7,9,11,14-15,17-22H2,1-4H3,(H,48,56)(H,49,53)/b10-8-/t23-,28+,29-,30+,39-,41-,52?/m1/s1. The summed E-state index contributed by atoms with van der Waals surface area (Å²) < 4.78 is 104. The zero-order valence-electron chi connectivity index (χ0n) is 34.8. The first-order valence-electron chi connectivity index (χ1n) is 21.2. The van der Waals surface area contributed by atoms with Crippen LogP contribution in [0.15, 0.2) is 30.4 Å². The first-order valence-corrected chi connectivity index (χ1v) is 22.6. The fourth-order valence-electron chi connectivity index (χ4n) is 9.96. The number of likely N-dealkylation sites (tertiary alicyclic amines) is 1. The van der Waals surface area contributed by atoms with E-state index in [1.807, 2.05) is 6.08 Å². The maximum Gasteiger partial charge on any atom is 0.437 e. The van der Waals surface area contributed by atoms with Crippen LogP contribution in [0.5, 0.6) is 11.5 Å². The van der Waals surface area contributed by atoms with Crippen LogP contribution in [-0.2, 0) is 35.3 Å². The minimum atomic E-state index is -5.03. The van der Waals surface area contributed by atoms with Crippen molar-refractivity contribution in [1.82, 2.24) is 29.7 Å². The summed E-state index contributed by atoms with van der Waals surface area (Å²) in [5.41, 5.74) is -5.50. The highest BCUT2D eigenvalue weighted by Crippen LogP contribution is 2.65. The van der Waals surface area contributed by atoms with Crippen molar-refractivity contribution in [3.63, 3.8) is 0 Å². The topological polar surface area (TPSA) is 177 Å². The Kier molecular flexibility index (Phi) is 9.89. The molecule has 9 rings (SSSR count). The lowest BCUT2D eigenvalue weighted by Crippen LogP contribution is -2.57. The van der Waals surface area contributed by atoms with Gasteiger partial charge in [-0.1, -0.05) is 25.0 Å². The molecular weight excluding hydrogens is 841 g/mol. The fourth-order valence-corrected chi connectivity index (χ4v) is 12.1. The Morgan fingerprint density at radius 3 is 2.40 bits per heavy atom. The zero-order chi connectivity index (χ0) is 44.4. The molecule has 5 aliphatic heterocycles. The third kappa shape index (κ3) is 7.12. The van der Waals surface area contributed by atoms with Gasteiger partial charge in [-0.25, -0.2) is 26.9 Å². The number of carbonyl (C=O) groups excluding carboxylic acids is 4. The number of halogens is 4. The summed E-state index contributed by atoms with van der Waals surface area (Å²) in [6, 6.07) is 0.819. The summed E-state index contributed by atoms with van der Waals surface area (Å²) in [6.07, 6.45) is -0.767. The van der Waals surface area contributed by atoms with Crippen LogP contribution in [0, 0.1) is 5.92 Å². The SMILES string of the molecule is COc1ccc2nc(C(F)(F)F)c3c(c2c1)[C@H](N1CC(F)C1)C[C@]1(C[C@H]2C(=O)N[C@]4(C(=O)N5C6(CC6)S5(=O)=O)C[C@H]4/C=C\CCCCC[C@H](NC(=O)OC(C)(C)C)C(=O)N2C1)O3. The van der Waals surface area contributed by atoms with Gasteiger partial charge in [0.2, 0.25) is 11.8 Å². The van der Waals surface area contributed by atoms with Gasteiger partial charge >= 0.3 is 12.3 Å². The molecule has 20 heteroatoms. The van der Waals surface area contributed by atoms with Crippen LogP contribution in [-0.4, -0.2) is 118 Å². The molecule has 2 aliphatic carbocycles. The molecule has 6 atom stereocenters. The van der Waals surface area contributed by atoms with Gasteiger partial charge in [0.15, 0.2) is 16.3 Å². The Labute approximate surface area is 355 Å². The van der Waals surface area contributed by atoms with Gasteiger partial charge in [-0.3, -0.25) is 19.3 Å². The third-order valence-electron chi connectivity index (χ3n) is 13.3. The second kappa shape index (κ2) is 14.4. The predicted molar refractivity (Wildman–Crippen MR) is 213 cm³/mol. The molecule has 62 heavy (non-hydrogen) atoms. The number of rotatable bonds is 4. The van der Waals surface area contributed by atoms with Gasteiger partial charge in [0.25, 0.3) is 15.9 Å². The number of alkyl carbamates (subject to hydrolysis) is 1. The van der Waals surface area contributed by atoms with E-state index in [0.29, 0.717) is 36.8 Å². The van der Waals surface area contributed by atoms with Crippen molar-refractivity contribution >= 4 is 44.7 Å². The predicted octanol–water partition coefficient (Wildman–Crippen LogP) is 5.03. The number of ether oxygens (including phenoxy) is 3. The number of pyridine rings is 1. The number of fused-ring (bicyclic) bond motifs is 5. The lowest BCUT2D eigenvalue weighted by molar-refractivity contribution is -0.145. The number of alkyl halides is 4. The van der Waals surface area contributed by atoms with Gasteiger partial charge in [0, 0.05) is 48.8 Å². The number of nitrogens with one attached hydrogen (secondary N) is 2. The van der Waals surface area contributed by atoms with Gasteiger partial charge in [0.1, 0.15) is 40.7 Å². The minimum Gasteiger partial charge on any atom is -0.497 e. The Balaban J connectivity index is 1.14. The largest absolute Gasteiger partial charge is 0.497 e. The van der Waals surface area contributed by atoms with E-state index in [4.69, 9.17) is 14.2 Å². The molecule has 2 spiro atoms. The molecule has 0 bridgehead atoms. The molecule has 1 aromatic heterocycles. The first kappa shape index (κ1) is 42.6. The molecule has 6 heterocycles. The van der Waals surface area contributed by atoms with Crippen molar-refractivity contribution in [2.24, 2.45) is 5.92 Å². The van der Waals surface area contributed by atoms with Gasteiger partial charge in [-0.05, 0) is 77.5 Å². The van der Waals surface area contributed by atoms with Gasteiger partial charge < -0.3 is 29.7 Å². The lowest BCUT2D eigenvalue weighted by atomic mass is 9.81. The lowest BCUT2D eigenvalue weighted by Gasteiger charge is -2.48. The monoisotopic (exact) mass is 890 g/mol. The number of hydrogen-bond acceptors (Lipinski definition) is 11. The Morgan fingerprint density at radius 1 is 1.03 bits per heavy atom. The molecule has 2 N–H and O–H groups in total. The average Bonchev–Trinajstić information content (AvgIpc) is 4.13. The van der Waals surface area contributed by atoms with E-state index in [0.717, 1.165) is 4.31 Å². The highest BCUT2D eigenvalue weighted by atomic mass is 32.2. The van der Waals surface area contributed by atoms with Crippen molar-refractivity contribution in [2.45, 2.75) is 137 Å². The van der Waals surface area contributed by atoms with E-state index >= 15 is 13.2 Å². The number of aromatic nitrogens is 1.